The van der Waals surface area contributed by atoms with Crippen LogP contribution in [0, 0.1) is 0 Å². The molecule has 0 saturated heterocycles. The monoisotopic (exact) mass is 406 g/mol. The van der Waals surface area contributed by atoms with E-state index in [1.54, 1.807) is 0 Å². The van der Waals surface area contributed by atoms with E-state index in [1.807, 2.05) is 30.3 Å². The van der Waals surface area contributed by atoms with Crippen LogP contribution < -0.4 is 4.74 Å². The first-order chi connectivity index (χ1) is 11.2. The molecule has 4 heteroatoms. The van der Waals surface area contributed by atoms with Gasteiger partial charge in [0.15, 0.2) is 8.32 Å². The highest BCUT2D eigenvalue weighted by molar-refractivity contribution is 9.10. The quantitative estimate of drug-likeness (QED) is 0.506. The topological polar surface area (TPSA) is 18.5 Å². The SMILES string of the molecule is CC(C)(C)[Si](C)(C)OCc1ccc(OCc2ccccc2)cc1Br. The van der Waals surface area contributed by atoms with Crippen molar-refractivity contribution in [2.24, 2.45) is 0 Å². The van der Waals surface area contributed by atoms with Crippen LogP contribution in [0.15, 0.2) is 53.0 Å². The molecule has 0 aliphatic rings. The van der Waals surface area contributed by atoms with Crippen LogP contribution in [0.3, 0.4) is 0 Å². The average Bonchev–Trinajstić information content (AvgIpc) is 2.52. The average molecular weight is 407 g/mol. The third-order valence-electron chi connectivity index (χ3n) is 4.67. The summed E-state index contributed by atoms with van der Waals surface area (Å²) in [5.41, 5.74) is 2.32. The van der Waals surface area contributed by atoms with E-state index in [4.69, 9.17) is 9.16 Å². The Morgan fingerprint density at radius 1 is 0.958 bits per heavy atom. The Hall–Kier alpha value is -1.10. The van der Waals surface area contributed by atoms with Gasteiger partial charge >= 0.3 is 0 Å². The van der Waals surface area contributed by atoms with Crippen LogP contribution in [0.2, 0.25) is 18.1 Å². The first-order valence-electron chi connectivity index (χ1n) is 8.28. The Kier molecular flexibility index (Phi) is 6.29. The molecular weight excluding hydrogens is 380 g/mol. The maximum Gasteiger partial charge on any atom is 0.192 e. The highest BCUT2D eigenvalue weighted by atomic mass is 79.9. The van der Waals surface area contributed by atoms with Crippen LogP contribution in [0.4, 0.5) is 0 Å². The van der Waals surface area contributed by atoms with Gasteiger partial charge in [-0.15, -0.1) is 0 Å². The lowest BCUT2D eigenvalue weighted by Gasteiger charge is -2.36. The summed E-state index contributed by atoms with van der Waals surface area (Å²) in [7, 11) is -1.74. The fourth-order valence-corrected chi connectivity index (χ4v) is 3.37. The maximum absolute atomic E-state index is 6.30. The Bertz CT molecular complexity index is 663. The van der Waals surface area contributed by atoms with Crippen molar-refractivity contribution in [2.45, 2.75) is 52.1 Å². The highest BCUT2D eigenvalue weighted by Gasteiger charge is 2.37. The molecule has 0 spiro atoms. The van der Waals surface area contributed by atoms with E-state index in [0.717, 1.165) is 15.8 Å². The van der Waals surface area contributed by atoms with E-state index in [1.165, 1.54) is 5.56 Å². The number of hydrogen-bond donors (Lipinski definition) is 0. The Balaban J connectivity index is 1.97. The zero-order valence-electron chi connectivity index (χ0n) is 15.2. The lowest BCUT2D eigenvalue weighted by Crippen LogP contribution is -2.40. The standard InChI is InChI=1S/C20H27BrO2Si/c1-20(2,3)24(4,5)23-15-17-11-12-18(13-19(17)21)22-14-16-9-7-6-8-10-16/h6-13H,14-15H2,1-5H3. The summed E-state index contributed by atoms with van der Waals surface area (Å²) in [5.74, 6) is 0.863. The van der Waals surface area contributed by atoms with Gasteiger partial charge < -0.3 is 9.16 Å². The van der Waals surface area contributed by atoms with Crippen molar-refractivity contribution in [2.75, 3.05) is 0 Å². The summed E-state index contributed by atoms with van der Waals surface area (Å²) in [4.78, 5) is 0. The normalized spacial score (nSPS) is 12.2. The minimum Gasteiger partial charge on any atom is -0.489 e. The molecule has 130 valence electrons. The van der Waals surface area contributed by atoms with Crippen LogP contribution in [-0.2, 0) is 17.6 Å². The van der Waals surface area contributed by atoms with Crippen LogP contribution >= 0.6 is 15.9 Å². The molecule has 0 aromatic heterocycles. The largest absolute Gasteiger partial charge is 0.489 e. The predicted molar refractivity (Wildman–Crippen MR) is 107 cm³/mol. The van der Waals surface area contributed by atoms with Gasteiger partial charge in [0.1, 0.15) is 12.4 Å². The molecule has 0 unspecified atom stereocenters. The molecule has 0 N–H and O–H groups in total. The molecule has 0 bridgehead atoms. The summed E-state index contributed by atoms with van der Waals surface area (Å²) in [6, 6.07) is 16.3. The number of ether oxygens (including phenoxy) is 1. The molecule has 24 heavy (non-hydrogen) atoms. The molecule has 0 aliphatic carbocycles. The van der Waals surface area contributed by atoms with E-state index in [2.05, 4.69) is 68.0 Å². The van der Waals surface area contributed by atoms with E-state index in [-0.39, 0.29) is 5.04 Å². The molecule has 2 nitrogen and oxygen atoms in total. The highest BCUT2D eigenvalue weighted by Crippen LogP contribution is 2.37. The zero-order valence-corrected chi connectivity index (χ0v) is 17.8. The van der Waals surface area contributed by atoms with Gasteiger partial charge in [-0.1, -0.05) is 73.1 Å². The van der Waals surface area contributed by atoms with Crippen LogP contribution in [-0.4, -0.2) is 8.32 Å². The summed E-state index contributed by atoms with van der Waals surface area (Å²) < 4.78 is 13.2. The summed E-state index contributed by atoms with van der Waals surface area (Å²) >= 11 is 3.65. The van der Waals surface area contributed by atoms with Gasteiger partial charge in [0, 0.05) is 4.47 Å². The number of halogens is 1. The molecule has 0 aliphatic heterocycles. The fourth-order valence-electron chi connectivity index (χ4n) is 1.95. The second kappa shape index (κ2) is 7.85. The summed E-state index contributed by atoms with van der Waals surface area (Å²) in [6.45, 7) is 12.5. The first-order valence-corrected chi connectivity index (χ1v) is 12.0. The van der Waals surface area contributed by atoms with Crippen molar-refractivity contribution >= 4 is 24.2 Å². The molecule has 0 saturated carbocycles. The van der Waals surface area contributed by atoms with E-state index in [9.17, 15) is 0 Å². The third kappa shape index (κ3) is 5.20. The molecule has 0 fully saturated rings. The molecule has 2 rings (SSSR count). The minimum atomic E-state index is -1.74. The van der Waals surface area contributed by atoms with Crippen LogP contribution in [0.5, 0.6) is 5.75 Å². The van der Waals surface area contributed by atoms with Crippen LogP contribution in [0.25, 0.3) is 0 Å². The molecule has 2 aromatic carbocycles. The first kappa shape index (κ1) is 19.2. The maximum atomic E-state index is 6.30. The second-order valence-electron chi connectivity index (χ2n) is 7.58. The number of rotatable bonds is 6. The van der Waals surface area contributed by atoms with Crippen molar-refractivity contribution in [3.05, 3.63) is 64.1 Å². The van der Waals surface area contributed by atoms with E-state index < -0.39 is 8.32 Å². The van der Waals surface area contributed by atoms with E-state index >= 15 is 0 Å². The minimum absolute atomic E-state index is 0.220. The van der Waals surface area contributed by atoms with Crippen molar-refractivity contribution in [1.29, 1.82) is 0 Å². The van der Waals surface area contributed by atoms with Crippen molar-refractivity contribution in [1.82, 2.24) is 0 Å². The Morgan fingerprint density at radius 2 is 1.62 bits per heavy atom. The van der Waals surface area contributed by atoms with Gasteiger partial charge in [-0.3, -0.25) is 0 Å². The molecule has 0 heterocycles. The predicted octanol–water partition coefficient (Wildman–Crippen LogP) is 6.55. The van der Waals surface area contributed by atoms with Gasteiger partial charge in [0.05, 0.1) is 6.61 Å². The Labute approximate surface area is 155 Å². The van der Waals surface area contributed by atoms with Gasteiger partial charge in [-0.25, -0.2) is 0 Å². The molecule has 2 aromatic rings. The molecular formula is C20H27BrO2Si. The lowest BCUT2D eigenvalue weighted by molar-refractivity contribution is 0.275. The van der Waals surface area contributed by atoms with Crippen molar-refractivity contribution < 1.29 is 9.16 Å². The number of hydrogen-bond acceptors (Lipinski definition) is 2. The van der Waals surface area contributed by atoms with Crippen LogP contribution in [0.1, 0.15) is 31.9 Å². The second-order valence-corrected chi connectivity index (χ2v) is 13.2. The Morgan fingerprint density at radius 3 is 2.21 bits per heavy atom. The van der Waals surface area contributed by atoms with Crippen molar-refractivity contribution in [3.63, 3.8) is 0 Å². The molecule has 0 radical (unpaired) electrons. The van der Waals surface area contributed by atoms with Gasteiger partial charge in [-0.2, -0.15) is 0 Å². The van der Waals surface area contributed by atoms with Crippen molar-refractivity contribution in [3.8, 4) is 5.75 Å². The van der Waals surface area contributed by atoms with E-state index in [0.29, 0.717) is 13.2 Å². The third-order valence-corrected chi connectivity index (χ3v) is 9.88. The van der Waals surface area contributed by atoms with Gasteiger partial charge in [-0.05, 0) is 41.4 Å². The summed E-state index contributed by atoms with van der Waals surface area (Å²) in [6.07, 6.45) is 0. The van der Waals surface area contributed by atoms with Gasteiger partial charge in [0.25, 0.3) is 0 Å². The molecule has 0 amide bonds. The lowest BCUT2D eigenvalue weighted by atomic mass is 10.2. The zero-order chi connectivity index (χ0) is 17.8. The number of benzene rings is 2. The van der Waals surface area contributed by atoms with Gasteiger partial charge in [0.2, 0.25) is 0 Å². The summed E-state index contributed by atoms with van der Waals surface area (Å²) in [5, 5.41) is 0.220. The fraction of sp³-hybridized carbons (Fsp3) is 0.400. The molecule has 0 atom stereocenters. The smallest absolute Gasteiger partial charge is 0.192 e.